The molecule has 1 heterocycles. The van der Waals surface area contributed by atoms with Gasteiger partial charge in [0.1, 0.15) is 11.6 Å². The molecule has 2 aromatic carbocycles. The van der Waals surface area contributed by atoms with Gasteiger partial charge in [0.2, 0.25) is 15.8 Å². The van der Waals surface area contributed by atoms with Gasteiger partial charge in [0.15, 0.2) is 0 Å². The van der Waals surface area contributed by atoms with Crippen LogP contribution in [-0.2, 0) is 10.0 Å². The number of sulfonamides is 1. The summed E-state index contributed by atoms with van der Waals surface area (Å²) in [5, 5.41) is 8.80. The van der Waals surface area contributed by atoms with Crippen molar-refractivity contribution in [3.63, 3.8) is 0 Å². The first kappa shape index (κ1) is 23.5. The zero-order chi connectivity index (χ0) is 23.5. The Kier molecular flexibility index (Phi) is 7.00. The van der Waals surface area contributed by atoms with Crippen LogP contribution < -0.4 is 9.46 Å². The lowest BCUT2D eigenvalue weighted by Crippen LogP contribution is -2.19. The van der Waals surface area contributed by atoms with E-state index in [0.717, 1.165) is 11.6 Å². The zero-order valence-corrected chi connectivity index (χ0v) is 18.8. The number of benzene rings is 2. The van der Waals surface area contributed by atoms with Gasteiger partial charge in [0.25, 0.3) is 0 Å². The molecule has 170 valence electrons. The molecule has 0 radical (unpaired) electrons. The maximum atomic E-state index is 14.7. The van der Waals surface area contributed by atoms with Crippen molar-refractivity contribution in [3.05, 3.63) is 82.4 Å². The molecule has 3 aromatic rings. The maximum absolute atomic E-state index is 14.7. The van der Waals surface area contributed by atoms with Crippen LogP contribution in [0, 0.1) is 12.7 Å². The predicted octanol–water partition coefficient (Wildman–Crippen LogP) is 3.59. The lowest BCUT2D eigenvalue weighted by atomic mass is 9.97. The molecule has 0 aliphatic rings. The third kappa shape index (κ3) is 5.17. The Bertz CT molecular complexity index is 1240. The molecule has 0 aliphatic carbocycles. The number of ketones is 1. The quantitative estimate of drug-likeness (QED) is 0.423. The van der Waals surface area contributed by atoms with Crippen LogP contribution in [0.1, 0.15) is 45.7 Å². The molecular formula is C23H25FN2O5S. The van der Waals surface area contributed by atoms with Crippen molar-refractivity contribution in [2.75, 3.05) is 24.2 Å². The maximum Gasteiger partial charge on any atom is 0.234 e. The number of aliphatic hydroxyl groups excluding tert-OH is 1. The smallest absolute Gasteiger partial charge is 0.234 e. The number of aliphatic hydroxyl groups is 1. The number of methoxy groups -OCH3 is 1. The van der Waals surface area contributed by atoms with Gasteiger partial charge >= 0.3 is 0 Å². The van der Waals surface area contributed by atoms with Gasteiger partial charge in [-0.3, -0.25) is 9.52 Å². The molecule has 1 unspecified atom stereocenters. The third-order valence-corrected chi connectivity index (χ3v) is 6.46. The number of hydrogen-bond acceptors (Lipinski definition) is 5. The minimum atomic E-state index is -3.75. The van der Waals surface area contributed by atoms with Crippen LogP contribution in [0.25, 0.3) is 0 Å². The summed E-state index contributed by atoms with van der Waals surface area (Å²) in [6.07, 6.45) is 0. The fraction of sp³-hybridized carbons (Fsp3) is 0.261. The highest BCUT2D eigenvalue weighted by Gasteiger charge is 2.20. The second-order valence-corrected chi connectivity index (χ2v) is 9.28. The molecule has 0 spiro atoms. The van der Waals surface area contributed by atoms with Crippen LogP contribution in [-0.4, -0.2) is 43.8 Å². The summed E-state index contributed by atoms with van der Waals surface area (Å²) in [7, 11) is -2.19. The van der Waals surface area contributed by atoms with E-state index in [1.165, 1.54) is 12.1 Å². The number of rotatable bonds is 9. The number of aromatic nitrogens is 1. The van der Waals surface area contributed by atoms with Gasteiger partial charge in [0.05, 0.1) is 30.9 Å². The normalized spacial score (nSPS) is 12.4. The van der Waals surface area contributed by atoms with Gasteiger partial charge in [-0.05, 0) is 60.5 Å². The lowest BCUT2D eigenvalue weighted by molar-refractivity contribution is 0.103. The van der Waals surface area contributed by atoms with Crippen molar-refractivity contribution in [2.45, 2.75) is 19.8 Å². The van der Waals surface area contributed by atoms with E-state index in [-0.39, 0.29) is 11.5 Å². The van der Waals surface area contributed by atoms with Gasteiger partial charge in [-0.1, -0.05) is 13.0 Å². The second kappa shape index (κ2) is 9.54. The van der Waals surface area contributed by atoms with E-state index < -0.39 is 34.1 Å². The van der Waals surface area contributed by atoms with Crippen LogP contribution in [0.3, 0.4) is 0 Å². The number of halogens is 1. The molecule has 0 bridgehead atoms. The highest BCUT2D eigenvalue weighted by atomic mass is 32.2. The number of aryl methyl sites for hydroxylation is 1. The number of nitrogens with one attached hydrogen (secondary N) is 2. The Hall–Kier alpha value is -3.17. The van der Waals surface area contributed by atoms with Gasteiger partial charge in [-0.25, -0.2) is 12.8 Å². The third-order valence-electron chi connectivity index (χ3n) is 5.20. The number of ether oxygens (including phenoxy) is 1. The molecule has 9 heteroatoms. The molecule has 0 fully saturated rings. The fourth-order valence-electron chi connectivity index (χ4n) is 3.42. The number of H-pyrrole nitrogens is 1. The van der Waals surface area contributed by atoms with E-state index >= 15 is 0 Å². The average Bonchev–Trinajstić information content (AvgIpc) is 3.22. The number of anilines is 1. The standard InChI is InChI=1S/C23H25FN2O5S/c1-14-12-17(31-3)5-7-18(14)23(28)22-9-8-21(25-22)15(2)19-6-4-16(13-20(19)24)26-32(29,30)11-10-27/h4-9,12-13,15,25-27H,10-11H2,1-3H3. The molecule has 0 aliphatic heterocycles. The summed E-state index contributed by atoms with van der Waals surface area (Å²) in [4.78, 5) is 16.0. The average molecular weight is 461 g/mol. The Morgan fingerprint density at radius 3 is 2.56 bits per heavy atom. The van der Waals surface area contributed by atoms with Gasteiger partial charge in [-0.15, -0.1) is 0 Å². The first-order valence-corrected chi connectivity index (χ1v) is 11.6. The minimum absolute atomic E-state index is 0.0734. The largest absolute Gasteiger partial charge is 0.497 e. The highest BCUT2D eigenvalue weighted by Crippen LogP contribution is 2.29. The number of aromatic amines is 1. The molecule has 0 saturated heterocycles. The van der Waals surface area contributed by atoms with E-state index in [1.807, 2.05) is 6.92 Å². The Morgan fingerprint density at radius 2 is 1.94 bits per heavy atom. The van der Waals surface area contributed by atoms with Crippen molar-refractivity contribution in [1.82, 2.24) is 4.98 Å². The Labute approximate surface area is 186 Å². The van der Waals surface area contributed by atoms with Gasteiger partial charge in [-0.2, -0.15) is 0 Å². The van der Waals surface area contributed by atoms with Crippen molar-refractivity contribution < 1.29 is 27.4 Å². The SMILES string of the molecule is COc1ccc(C(=O)c2ccc(C(C)c3ccc(NS(=O)(=O)CCO)cc3F)[nH]2)c(C)c1. The first-order valence-electron chi connectivity index (χ1n) is 9.94. The molecule has 1 aromatic heterocycles. The molecular weight excluding hydrogens is 435 g/mol. The van der Waals surface area contributed by atoms with Crippen LogP contribution in [0.4, 0.5) is 10.1 Å². The molecule has 7 nitrogen and oxygen atoms in total. The highest BCUT2D eigenvalue weighted by molar-refractivity contribution is 7.92. The molecule has 1 atom stereocenters. The van der Waals surface area contributed by atoms with E-state index in [1.54, 1.807) is 44.4 Å². The van der Waals surface area contributed by atoms with E-state index in [9.17, 15) is 17.6 Å². The van der Waals surface area contributed by atoms with Crippen molar-refractivity contribution >= 4 is 21.5 Å². The topological polar surface area (TPSA) is 108 Å². The summed E-state index contributed by atoms with van der Waals surface area (Å²) >= 11 is 0. The van der Waals surface area contributed by atoms with E-state index in [2.05, 4.69) is 9.71 Å². The first-order chi connectivity index (χ1) is 15.1. The predicted molar refractivity (Wildman–Crippen MR) is 120 cm³/mol. The number of carbonyl (C=O) groups is 1. The van der Waals surface area contributed by atoms with Crippen molar-refractivity contribution in [3.8, 4) is 5.75 Å². The number of hydrogen-bond donors (Lipinski definition) is 3. The van der Waals surface area contributed by atoms with Crippen LogP contribution in [0.2, 0.25) is 0 Å². The summed E-state index contributed by atoms with van der Waals surface area (Å²) in [6, 6.07) is 12.6. The lowest BCUT2D eigenvalue weighted by Gasteiger charge is -2.14. The van der Waals surface area contributed by atoms with Crippen LogP contribution in [0.5, 0.6) is 5.75 Å². The van der Waals surface area contributed by atoms with E-state index in [0.29, 0.717) is 28.3 Å². The molecule has 3 N–H and O–H groups in total. The Balaban J connectivity index is 1.81. The summed E-state index contributed by atoms with van der Waals surface area (Å²) < 4.78 is 45.6. The Morgan fingerprint density at radius 1 is 1.19 bits per heavy atom. The summed E-state index contributed by atoms with van der Waals surface area (Å²) in [5.41, 5.74) is 2.77. The van der Waals surface area contributed by atoms with Crippen molar-refractivity contribution in [1.29, 1.82) is 0 Å². The van der Waals surface area contributed by atoms with Gasteiger partial charge < -0.3 is 14.8 Å². The fourth-order valence-corrected chi connectivity index (χ4v) is 4.25. The zero-order valence-electron chi connectivity index (χ0n) is 18.0. The summed E-state index contributed by atoms with van der Waals surface area (Å²) in [6.45, 7) is 3.08. The van der Waals surface area contributed by atoms with Crippen molar-refractivity contribution in [2.24, 2.45) is 0 Å². The minimum Gasteiger partial charge on any atom is -0.497 e. The molecule has 0 saturated carbocycles. The number of carbonyl (C=O) groups excluding carboxylic acids is 1. The summed E-state index contributed by atoms with van der Waals surface area (Å²) in [5.74, 6) is -0.985. The monoisotopic (exact) mass is 460 g/mol. The van der Waals surface area contributed by atoms with E-state index in [4.69, 9.17) is 9.84 Å². The second-order valence-electron chi connectivity index (χ2n) is 7.44. The van der Waals surface area contributed by atoms with Crippen LogP contribution in [0.15, 0.2) is 48.5 Å². The molecule has 3 rings (SSSR count). The molecule has 32 heavy (non-hydrogen) atoms. The van der Waals surface area contributed by atoms with Crippen LogP contribution >= 0.6 is 0 Å². The molecule has 0 amide bonds. The van der Waals surface area contributed by atoms with Gasteiger partial charge in [0, 0.05) is 17.2 Å².